The zero-order valence-corrected chi connectivity index (χ0v) is 21.3. The molecule has 9 heteroatoms. The molecular weight excluding hydrogens is 471 g/mol. The quantitative estimate of drug-likeness (QED) is 0.335. The van der Waals surface area contributed by atoms with Crippen molar-refractivity contribution in [3.8, 4) is 16.9 Å². The number of hydrogen-bond donors (Lipinski definition) is 2. The molecule has 192 valence electrons. The van der Waals surface area contributed by atoms with Gasteiger partial charge < -0.3 is 10.1 Å². The highest BCUT2D eigenvalue weighted by Gasteiger charge is 2.25. The largest absolute Gasteiger partial charge is 0.380 e. The van der Waals surface area contributed by atoms with Crippen molar-refractivity contribution in [2.24, 2.45) is 7.05 Å². The molecule has 2 amide bonds. The molecule has 0 spiro atoms. The van der Waals surface area contributed by atoms with Crippen LogP contribution in [0.25, 0.3) is 16.9 Å². The molecular formula is C28H31FN6O2. The van der Waals surface area contributed by atoms with E-state index in [1.807, 2.05) is 56.6 Å². The van der Waals surface area contributed by atoms with Gasteiger partial charge in [0.1, 0.15) is 17.3 Å². The Hall–Kier alpha value is -3.98. The molecule has 2 N–H and O–H groups in total. The van der Waals surface area contributed by atoms with Crippen LogP contribution in [-0.2, 0) is 24.9 Å². The third-order valence-electron chi connectivity index (χ3n) is 6.93. The predicted octanol–water partition coefficient (Wildman–Crippen LogP) is 5.46. The number of aryl methyl sites for hydroxylation is 1. The number of halogens is 1. The van der Waals surface area contributed by atoms with Crippen molar-refractivity contribution in [3.63, 3.8) is 0 Å². The van der Waals surface area contributed by atoms with E-state index in [1.54, 1.807) is 28.7 Å². The second kappa shape index (κ2) is 10.6. The molecule has 1 saturated carbocycles. The first-order valence-electron chi connectivity index (χ1n) is 12.4. The molecule has 37 heavy (non-hydrogen) atoms. The number of aromatic nitrogens is 4. The number of nitrogens with one attached hydrogen (secondary N) is 2. The van der Waals surface area contributed by atoms with Gasteiger partial charge in [0.2, 0.25) is 0 Å². The van der Waals surface area contributed by atoms with Crippen molar-refractivity contribution in [2.45, 2.75) is 45.3 Å². The summed E-state index contributed by atoms with van der Waals surface area (Å²) in [6, 6.07) is 12.7. The Bertz CT molecular complexity index is 1410. The van der Waals surface area contributed by atoms with Crippen LogP contribution < -0.4 is 10.6 Å². The Kier molecular flexibility index (Phi) is 7.05. The summed E-state index contributed by atoms with van der Waals surface area (Å²) >= 11 is 0. The number of hydrogen-bond acceptors (Lipinski definition) is 4. The third kappa shape index (κ3) is 5.13. The minimum Gasteiger partial charge on any atom is -0.380 e. The van der Waals surface area contributed by atoms with E-state index in [9.17, 15) is 9.18 Å². The second-order valence-corrected chi connectivity index (χ2v) is 9.48. The normalized spacial score (nSPS) is 13.4. The number of nitrogens with zero attached hydrogens (tertiary/aromatic N) is 4. The first-order valence-corrected chi connectivity index (χ1v) is 12.4. The SMILES string of the molecule is COCc1cc(CNC(=O)Nc2c(C)c(-c3cnn(C)c3)nn2-c2ccccc2)c(C2CCC2)cc1F. The van der Waals surface area contributed by atoms with Crippen molar-refractivity contribution < 1.29 is 13.9 Å². The van der Waals surface area contributed by atoms with E-state index >= 15 is 0 Å². The summed E-state index contributed by atoms with van der Waals surface area (Å²) in [6.45, 7) is 2.39. The fraction of sp³-hybridized carbons (Fsp3) is 0.321. The Morgan fingerprint density at radius 3 is 2.62 bits per heavy atom. The van der Waals surface area contributed by atoms with Gasteiger partial charge >= 0.3 is 6.03 Å². The molecule has 5 rings (SSSR count). The summed E-state index contributed by atoms with van der Waals surface area (Å²) in [7, 11) is 3.40. The van der Waals surface area contributed by atoms with Crippen molar-refractivity contribution in [1.29, 1.82) is 0 Å². The lowest BCUT2D eigenvalue weighted by atomic mass is 9.78. The van der Waals surface area contributed by atoms with Crippen molar-refractivity contribution in [1.82, 2.24) is 24.9 Å². The summed E-state index contributed by atoms with van der Waals surface area (Å²) in [5, 5.41) is 15.0. The molecule has 2 heterocycles. The molecule has 1 aliphatic rings. The van der Waals surface area contributed by atoms with Gasteiger partial charge in [-0.25, -0.2) is 13.9 Å². The average molecular weight is 503 g/mol. The van der Waals surface area contributed by atoms with Crippen LogP contribution in [0.4, 0.5) is 15.0 Å². The van der Waals surface area contributed by atoms with E-state index in [0.717, 1.165) is 52.9 Å². The maximum absolute atomic E-state index is 14.6. The van der Waals surface area contributed by atoms with E-state index in [1.165, 1.54) is 0 Å². The van der Waals surface area contributed by atoms with Gasteiger partial charge in [0, 0.05) is 43.6 Å². The van der Waals surface area contributed by atoms with E-state index in [4.69, 9.17) is 9.84 Å². The Balaban J connectivity index is 1.40. The topological polar surface area (TPSA) is 86.0 Å². The van der Waals surface area contributed by atoms with Gasteiger partial charge in [-0.2, -0.15) is 10.2 Å². The van der Waals surface area contributed by atoms with Crippen LogP contribution in [0.3, 0.4) is 0 Å². The number of rotatable bonds is 8. The van der Waals surface area contributed by atoms with Gasteiger partial charge in [-0.3, -0.25) is 10.00 Å². The van der Waals surface area contributed by atoms with Gasteiger partial charge in [0.15, 0.2) is 0 Å². The Morgan fingerprint density at radius 2 is 1.97 bits per heavy atom. The lowest BCUT2D eigenvalue weighted by Gasteiger charge is -2.28. The molecule has 1 fully saturated rings. The number of carbonyl (C=O) groups is 1. The number of benzene rings is 2. The van der Waals surface area contributed by atoms with Crippen molar-refractivity contribution in [2.75, 3.05) is 12.4 Å². The summed E-state index contributed by atoms with van der Waals surface area (Å²) in [4.78, 5) is 13.1. The number of methoxy groups -OCH3 is 1. The molecule has 0 atom stereocenters. The standard InChI is InChI=1S/C28H31FN6O2/c1-18-26(22-15-31-34(2)16-22)33-35(23-10-5-4-6-11-23)27(18)32-28(36)30-14-20-12-21(17-37-3)25(29)13-24(20)19-8-7-9-19/h4-6,10-13,15-16,19H,7-9,14,17H2,1-3H3,(H2,30,32,36). The van der Waals surface area contributed by atoms with Crippen LogP contribution in [0.2, 0.25) is 0 Å². The molecule has 2 aromatic heterocycles. The van der Waals surface area contributed by atoms with Gasteiger partial charge in [-0.05, 0) is 61.1 Å². The molecule has 4 aromatic rings. The van der Waals surface area contributed by atoms with E-state index in [2.05, 4.69) is 15.7 Å². The molecule has 0 unspecified atom stereocenters. The Labute approximate surface area is 215 Å². The zero-order chi connectivity index (χ0) is 25.9. The first-order chi connectivity index (χ1) is 17.9. The highest BCUT2D eigenvalue weighted by molar-refractivity contribution is 5.90. The highest BCUT2D eigenvalue weighted by Crippen LogP contribution is 2.39. The summed E-state index contributed by atoms with van der Waals surface area (Å²) in [5.41, 5.74) is 5.62. The number of carbonyl (C=O) groups excluding carboxylic acids is 1. The zero-order valence-electron chi connectivity index (χ0n) is 21.3. The van der Waals surface area contributed by atoms with Crippen LogP contribution in [-0.4, -0.2) is 32.7 Å². The molecule has 0 saturated heterocycles. The average Bonchev–Trinajstić information content (AvgIpc) is 3.42. The number of ether oxygens (including phenoxy) is 1. The first kappa shape index (κ1) is 24.7. The van der Waals surface area contributed by atoms with Crippen LogP contribution in [0.1, 0.15) is 47.4 Å². The van der Waals surface area contributed by atoms with E-state index < -0.39 is 0 Å². The molecule has 0 bridgehead atoms. The number of para-hydroxylation sites is 1. The monoisotopic (exact) mass is 502 g/mol. The van der Waals surface area contributed by atoms with Gasteiger partial charge in [0.05, 0.1) is 18.5 Å². The molecule has 0 aliphatic heterocycles. The second-order valence-electron chi connectivity index (χ2n) is 9.48. The van der Waals surface area contributed by atoms with Crippen molar-refractivity contribution in [3.05, 3.63) is 82.9 Å². The molecule has 1 aliphatic carbocycles. The molecule has 8 nitrogen and oxygen atoms in total. The van der Waals surface area contributed by atoms with Crippen LogP contribution in [0.5, 0.6) is 0 Å². The Morgan fingerprint density at radius 1 is 1.19 bits per heavy atom. The third-order valence-corrected chi connectivity index (χ3v) is 6.93. The number of anilines is 1. The maximum atomic E-state index is 14.6. The van der Waals surface area contributed by atoms with Gasteiger partial charge in [-0.1, -0.05) is 24.6 Å². The van der Waals surface area contributed by atoms with E-state index in [0.29, 0.717) is 17.3 Å². The van der Waals surface area contributed by atoms with Crippen LogP contribution in [0, 0.1) is 12.7 Å². The maximum Gasteiger partial charge on any atom is 0.320 e. The lowest BCUT2D eigenvalue weighted by molar-refractivity contribution is 0.181. The van der Waals surface area contributed by atoms with Crippen LogP contribution in [0.15, 0.2) is 54.9 Å². The fourth-order valence-corrected chi connectivity index (χ4v) is 4.75. The van der Waals surface area contributed by atoms with Crippen LogP contribution >= 0.6 is 0 Å². The minimum absolute atomic E-state index is 0.183. The molecule has 2 aromatic carbocycles. The predicted molar refractivity (Wildman–Crippen MR) is 140 cm³/mol. The summed E-state index contributed by atoms with van der Waals surface area (Å²) < 4.78 is 23.2. The summed E-state index contributed by atoms with van der Waals surface area (Å²) in [5.74, 6) is 0.637. The smallest absolute Gasteiger partial charge is 0.320 e. The van der Waals surface area contributed by atoms with Gasteiger partial charge in [-0.15, -0.1) is 0 Å². The number of urea groups is 1. The number of amides is 2. The lowest BCUT2D eigenvalue weighted by Crippen LogP contribution is -2.30. The van der Waals surface area contributed by atoms with Gasteiger partial charge in [0.25, 0.3) is 0 Å². The van der Waals surface area contributed by atoms with E-state index in [-0.39, 0.29) is 25.0 Å². The van der Waals surface area contributed by atoms with Crippen molar-refractivity contribution >= 4 is 11.8 Å². The fourth-order valence-electron chi connectivity index (χ4n) is 4.75. The minimum atomic E-state index is -0.366. The summed E-state index contributed by atoms with van der Waals surface area (Å²) in [6.07, 6.45) is 6.86. The highest BCUT2D eigenvalue weighted by atomic mass is 19.1. The molecule has 0 radical (unpaired) electrons.